The minimum Gasteiger partial charge on any atom is -0.481 e. The fourth-order valence-electron chi connectivity index (χ4n) is 1.24. The summed E-state index contributed by atoms with van der Waals surface area (Å²) >= 11 is 1.05. The van der Waals surface area contributed by atoms with Gasteiger partial charge < -0.3 is 13.9 Å². The minimum absolute atomic E-state index is 0.0489. The van der Waals surface area contributed by atoms with Gasteiger partial charge in [0.15, 0.2) is 18.2 Å². The molecule has 8 heteroatoms. The smallest absolute Gasteiger partial charge is 0.316 e. The van der Waals surface area contributed by atoms with E-state index in [1.165, 1.54) is 19.2 Å². The second-order valence-corrected chi connectivity index (χ2v) is 4.47. The second-order valence-electron chi connectivity index (χ2n) is 3.55. The van der Waals surface area contributed by atoms with E-state index < -0.39 is 11.8 Å². The van der Waals surface area contributed by atoms with Crippen molar-refractivity contribution in [2.45, 2.75) is 11.8 Å². The fourth-order valence-corrected chi connectivity index (χ4v) is 1.85. The Morgan fingerprint density at radius 2 is 2.20 bits per heavy atom. The molecule has 2 rings (SSSR count). The molecular weight excluding hydrogens is 287 g/mol. The van der Waals surface area contributed by atoms with Crippen LogP contribution < -0.4 is 4.74 Å². The Kier molecular flexibility index (Phi) is 4.94. The number of thioether (sulfide) groups is 1. The van der Waals surface area contributed by atoms with Crippen LogP contribution in [0.15, 0.2) is 33.9 Å². The van der Waals surface area contributed by atoms with E-state index >= 15 is 0 Å². The Bertz CT molecular complexity index is 590. The van der Waals surface area contributed by atoms with E-state index in [9.17, 15) is 9.18 Å². The number of hydrogen-bond acceptors (Lipinski definition) is 7. The minimum atomic E-state index is -0.465. The SMILES string of the molecule is COC(=O)CSc1nnc(COc2ccccc2F)o1. The standard InChI is InChI=1S/C12H11FN2O4S/c1-17-11(16)7-20-12-15-14-10(19-12)6-18-9-5-3-2-4-8(9)13/h2-5H,6-7H2,1H3. The number of ether oxygens (including phenoxy) is 2. The summed E-state index contributed by atoms with van der Waals surface area (Å²) in [6, 6.07) is 6.01. The molecule has 0 amide bonds. The number of nitrogens with zero attached hydrogens (tertiary/aromatic N) is 2. The molecule has 0 saturated heterocycles. The number of esters is 1. The monoisotopic (exact) mass is 298 g/mol. The van der Waals surface area contributed by atoms with Gasteiger partial charge in [0.1, 0.15) is 5.75 Å². The molecule has 6 nitrogen and oxygen atoms in total. The molecule has 2 aromatic rings. The molecular formula is C12H11FN2O4S. The van der Waals surface area contributed by atoms with Gasteiger partial charge in [-0.05, 0) is 12.1 Å². The number of para-hydroxylation sites is 1. The number of carbonyl (C=O) groups is 1. The summed E-state index contributed by atoms with van der Waals surface area (Å²) in [6.07, 6.45) is 0. The molecule has 0 unspecified atom stereocenters. The number of rotatable bonds is 6. The van der Waals surface area contributed by atoms with Crippen molar-refractivity contribution in [2.75, 3.05) is 12.9 Å². The molecule has 0 aliphatic rings. The molecule has 20 heavy (non-hydrogen) atoms. The zero-order valence-electron chi connectivity index (χ0n) is 10.5. The van der Waals surface area contributed by atoms with Crippen molar-refractivity contribution in [1.82, 2.24) is 10.2 Å². The lowest BCUT2D eigenvalue weighted by Gasteiger charge is -2.03. The maximum atomic E-state index is 13.3. The van der Waals surface area contributed by atoms with Gasteiger partial charge in [-0.1, -0.05) is 23.9 Å². The number of methoxy groups -OCH3 is 1. The third kappa shape index (κ3) is 3.95. The highest BCUT2D eigenvalue weighted by molar-refractivity contribution is 7.99. The topological polar surface area (TPSA) is 74.5 Å². The highest BCUT2D eigenvalue weighted by Crippen LogP contribution is 2.19. The van der Waals surface area contributed by atoms with Crippen LogP contribution in [0.1, 0.15) is 5.89 Å². The first-order valence-corrected chi connectivity index (χ1v) is 6.57. The number of halogens is 1. The molecule has 1 heterocycles. The Morgan fingerprint density at radius 3 is 2.95 bits per heavy atom. The summed E-state index contributed by atoms with van der Waals surface area (Å²) in [5.41, 5.74) is 0. The lowest BCUT2D eigenvalue weighted by molar-refractivity contribution is -0.137. The van der Waals surface area contributed by atoms with E-state index in [0.29, 0.717) is 0 Å². The Balaban J connectivity index is 1.87. The van der Waals surface area contributed by atoms with Crippen LogP contribution >= 0.6 is 11.8 Å². The second kappa shape index (κ2) is 6.90. The van der Waals surface area contributed by atoms with Gasteiger partial charge in [-0.2, -0.15) is 0 Å². The average molecular weight is 298 g/mol. The van der Waals surface area contributed by atoms with Crippen molar-refractivity contribution in [3.05, 3.63) is 36.0 Å². The summed E-state index contributed by atoms with van der Waals surface area (Å²) in [6.45, 7) is -0.0489. The van der Waals surface area contributed by atoms with E-state index in [1.54, 1.807) is 12.1 Å². The highest BCUT2D eigenvalue weighted by Gasteiger charge is 2.11. The lowest BCUT2D eigenvalue weighted by atomic mass is 10.3. The molecule has 0 bridgehead atoms. The van der Waals surface area contributed by atoms with Gasteiger partial charge in [-0.15, -0.1) is 10.2 Å². The predicted octanol–water partition coefficient (Wildman–Crippen LogP) is 2.05. The molecule has 0 aliphatic heterocycles. The van der Waals surface area contributed by atoms with Gasteiger partial charge in [-0.3, -0.25) is 4.79 Å². The van der Waals surface area contributed by atoms with E-state index in [1.807, 2.05) is 0 Å². The van der Waals surface area contributed by atoms with Gasteiger partial charge in [0, 0.05) is 0 Å². The molecule has 1 aromatic carbocycles. The zero-order valence-corrected chi connectivity index (χ0v) is 11.4. The molecule has 0 N–H and O–H groups in total. The third-order valence-electron chi connectivity index (χ3n) is 2.18. The average Bonchev–Trinajstić information content (AvgIpc) is 2.92. The van der Waals surface area contributed by atoms with E-state index in [0.717, 1.165) is 11.8 Å². The maximum Gasteiger partial charge on any atom is 0.316 e. The van der Waals surface area contributed by atoms with Gasteiger partial charge >= 0.3 is 5.97 Å². The molecule has 0 saturated carbocycles. The van der Waals surface area contributed by atoms with Crippen molar-refractivity contribution in [2.24, 2.45) is 0 Å². The Hall–Kier alpha value is -2.09. The lowest BCUT2D eigenvalue weighted by Crippen LogP contribution is -2.02. The van der Waals surface area contributed by atoms with Gasteiger partial charge in [-0.25, -0.2) is 4.39 Å². The van der Waals surface area contributed by atoms with Crippen molar-refractivity contribution >= 4 is 17.7 Å². The van der Waals surface area contributed by atoms with Crippen LogP contribution in [0.5, 0.6) is 5.75 Å². The third-order valence-corrected chi connectivity index (χ3v) is 2.97. The summed E-state index contributed by atoms with van der Waals surface area (Å²) in [4.78, 5) is 10.9. The first-order valence-electron chi connectivity index (χ1n) is 5.58. The normalized spacial score (nSPS) is 10.3. The van der Waals surface area contributed by atoms with E-state index in [2.05, 4.69) is 14.9 Å². The van der Waals surface area contributed by atoms with E-state index in [4.69, 9.17) is 9.15 Å². The number of carbonyl (C=O) groups excluding carboxylic acids is 1. The highest BCUT2D eigenvalue weighted by atomic mass is 32.2. The Morgan fingerprint density at radius 1 is 1.40 bits per heavy atom. The first kappa shape index (κ1) is 14.3. The largest absolute Gasteiger partial charge is 0.481 e. The molecule has 0 aliphatic carbocycles. The quantitative estimate of drug-likeness (QED) is 0.597. The molecule has 106 valence electrons. The van der Waals surface area contributed by atoms with Gasteiger partial charge in [0.25, 0.3) is 11.1 Å². The molecule has 1 aromatic heterocycles. The molecule has 0 radical (unpaired) electrons. The summed E-state index contributed by atoms with van der Waals surface area (Å²) in [7, 11) is 1.30. The first-order chi connectivity index (χ1) is 9.69. The van der Waals surface area contributed by atoms with Crippen molar-refractivity contribution in [1.29, 1.82) is 0 Å². The van der Waals surface area contributed by atoms with E-state index in [-0.39, 0.29) is 29.2 Å². The van der Waals surface area contributed by atoms with Crippen LogP contribution in [0.25, 0.3) is 0 Å². The molecule has 0 spiro atoms. The zero-order chi connectivity index (χ0) is 14.4. The van der Waals surface area contributed by atoms with Gasteiger partial charge in [0.2, 0.25) is 0 Å². The summed E-state index contributed by atoms with van der Waals surface area (Å²) in [5.74, 6) is -0.480. The van der Waals surface area contributed by atoms with Crippen LogP contribution in [0.4, 0.5) is 4.39 Å². The predicted molar refractivity (Wildman–Crippen MR) is 67.8 cm³/mol. The van der Waals surface area contributed by atoms with Crippen LogP contribution in [0.2, 0.25) is 0 Å². The molecule has 0 fully saturated rings. The number of benzene rings is 1. The van der Waals surface area contributed by atoms with Crippen molar-refractivity contribution in [3.8, 4) is 5.75 Å². The molecule has 0 atom stereocenters. The van der Waals surface area contributed by atoms with Crippen LogP contribution in [0.3, 0.4) is 0 Å². The number of hydrogen-bond donors (Lipinski definition) is 0. The maximum absolute atomic E-state index is 13.3. The van der Waals surface area contributed by atoms with Crippen LogP contribution in [0, 0.1) is 5.82 Å². The van der Waals surface area contributed by atoms with Crippen molar-refractivity contribution in [3.63, 3.8) is 0 Å². The van der Waals surface area contributed by atoms with Crippen LogP contribution in [-0.4, -0.2) is 29.0 Å². The Labute approximate surface area is 118 Å². The van der Waals surface area contributed by atoms with Gasteiger partial charge in [0.05, 0.1) is 7.11 Å². The summed E-state index contributed by atoms with van der Waals surface area (Å²) < 4.78 is 28.2. The van der Waals surface area contributed by atoms with Crippen LogP contribution in [-0.2, 0) is 16.1 Å². The number of aromatic nitrogens is 2. The van der Waals surface area contributed by atoms with Crippen molar-refractivity contribution < 1.29 is 23.1 Å². The summed E-state index contributed by atoms with van der Waals surface area (Å²) in [5, 5.41) is 7.67. The fraction of sp³-hybridized carbons (Fsp3) is 0.250.